The largest absolute Gasteiger partial charge is 0.360 e. The number of rotatable bonds is 6. The molecule has 1 N–H and O–H groups in total. The zero-order valence-electron chi connectivity index (χ0n) is 6.97. The van der Waals surface area contributed by atoms with Crippen LogP contribution in [0.1, 0.15) is 26.7 Å². The Balaban J connectivity index is 3.47. The van der Waals surface area contributed by atoms with Crippen LogP contribution in [0.25, 0.3) is 0 Å². The smallest absolute Gasteiger partial charge is 0.306 e. The van der Waals surface area contributed by atoms with Crippen LogP contribution in [-0.2, 0) is 9.09 Å². The van der Waals surface area contributed by atoms with Gasteiger partial charge in [0.2, 0.25) is 0 Å². The third-order valence-corrected chi connectivity index (χ3v) is 2.96. The third kappa shape index (κ3) is 6.82. The van der Waals surface area contributed by atoms with E-state index in [4.69, 9.17) is 15.8 Å². The Bertz CT molecular complexity index is 143. The second kappa shape index (κ2) is 6.01. The molecule has 0 amide bonds. The Labute approximate surface area is 72.8 Å². The first-order valence-electron chi connectivity index (χ1n) is 3.81. The van der Waals surface area contributed by atoms with Gasteiger partial charge in [-0.15, -0.1) is 0 Å². The van der Waals surface area contributed by atoms with Gasteiger partial charge in [0.05, 0.1) is 6.61 Å². The molecule has 0 aromatic carbocycles. The lowest BCUT2D eigenvalue weighted by Crippen LogP contribution is -2.08. The van der Waals surface area contributed by atoms with E-state index in [0.29, 0.717) is 13.2 Å². The molecule has 0 aromatic rings. The number of halogens is 1. The van der Waals surface area contributed by atoms with E-state index in [1.807, 2.05) is 13.8 Å². The van der Waals surface area contributed by atoms with Crippen molar-refractivity contribution >= 4 is 18.1 Å². The van der Waals surface area contributed by atoms with Gasteiger partial charge in [-0.2, -0.15) is 0 Å². The fourth-order valence-corrected chi connectivity index (χ4v) is 1.96. The van der Waals surface area contributed by atoms with Crippen LogP contribution >= 0.6 is 18.1 Å². The molecule has 0 saturated heterocycles. The summed E-state index contributed by atoms with van der Waals surface area (Å²) in [6.45, 7) is 1.89. The van der Waals surface area contributed by atoms with Crippen molar-refractivity contribution in [3.05, 3.63) is 0 Å². The van der Waals surface area contributed by atoms with Crippen molar-refractivity contribution in [1.82, 2.24) is 5.09 Å². The predicted molar refractivity (Wildman–Crippen MR) is 48.0 cm³/mol. The molecule has 0 aliphatic rings. The topological polar surface area (TPSA) is 38.3 Å². The summed E-state index contributed by atoms with van der Waals surface area (Å²) >= 11 is 5.49. The number of hydrogen-bond acceptors (Lipinski definition) is 2. The summed E-state index contributed by atoms with van der Waals surface area (Å²) in [6.07, 6.45) is 1.91. The van der Waals surface area contributed by atoms with E-state index < -0.39 is 6.87 Å². The molecule has 68 valence electrons. The second-order valence-corrected chi connectivity index (χ2v) is 5.05. The monoisotopic (exact) mass is 199 g/mol. The van der Waals surface area contributed by atoms with E-state index in [9.17, 15) is 4.57 Å². The molecule has 0 saturated carbocycles. The van der Waals surface area contributed by atoms with Gasteiger partial charge in [0.25, 0.3) is 0 Å². The number of unbranched alkanes of at least 4 members (excludes halogenated alkanes) is 1. The minimum Gasteiger partial charge on any atom is -0.306 e. The first kappa shape index (κ1) is 11.4. The molecule has 1 unspecified atom stereocenters. The third-order valence-electron chi connectivity index (χ3n) is 1.10. The lowest BCUT2D eigenvalue weighted by atomic mass is 10.4. The molecule has 0 aliphatic heterocycles. The van der Waals surface area contributed by atoms with E-state index in [2.05, 4.69) is 5.09 Å². The molecule has 0 aromatic heterocycles. The lowest BCUT2D eigenvalue weighted by molar-refractivity contribution is 0.310. The van der Waals surface area contributed by atoms with Gasteiger partial charge in [-0.25, -0.2) is 5.09 Å². The maximum Gasteiger partial charge on any atom is 0.360 e. The molecule has 0 bridgehead atoms. The minimum atomic E-state index is -3.00. The summed E-state index contributed by atoms with van der Waals surface area (Å²) in [5, 5.41) is 2.58. The summed E-state index contributed by atoms with van der Waals surface area (Å²) in [7, 11) is 0. The predicted octanol–water partition coefficient (Wildman–Crippen LogP) is 2.76. The van der Waals surface area contributed by atoms with Crippen molar-refractivity contribution in [1.29, 1.82) is 0 Å². The fraction of sp³-hybridized carbons (Fsp3) is 1.00. The SMILES string of the molecule is CCCCOP(=O)(Cl)NCC. The van der Waals surface area contributed by atoms with Crippen molar-refractivity contribution in [3.8, 4) is 0 Å². The molecule has 1 atom stereocenters. The van der Waals surface area contributed by atoms with Crippen LogP contribution in [0.4, 0.5) is 0 Å². The van der Waals surface area contributed by atoms with Crippen LogP contribution in [0.15, 0.2) is 0 Å². The van der Waals surface area contributed by atoms with Gasteiger partial charge >= 0.3 is 6.87 Å². The summed E-state index contributed by atoms with van der Waals surface area (Å²) in [5.74, 6) is 0. The summed E-state index contributed by atoms with van der Waals surface area (Å²) in [6, 6.07) is 0. The Morgan fingerprint density at radius 2 is 2.18 bits per heavy atom. The molecular formula is C6H15ClNO2P. The first-order valence-corrected chi connectivity index (χ1v) is 6.34. The first-order chi connectivity index (χ1) is 5.12. The highest BCUT2D eigenvalue weighted by Crippen LogP contribution is 2.47. The van der Waals surface area contributed by atoms with E-state index in [1.54, 1.807) is 0 Å². The van der Waals surface area contributed by atoms with Crippen LogP contribution in [0.5, 0.6) is 0 Å². The quantitative estimate of drug-likeness (QED) is 0.528. The van der Waals surface area contributed by atoms with Crippen LogP contribution in [-0.4, -0.2) is 13.2 Å². The molecule has 0 heterocycles. The molecule has 0 rings (SSSR count). The maximum atomic E-state index is 11.1. The average Bonchev–Trinajstić information content (AvgIpc) is 1.87. The highest BCUT2D eigenvalue weighted by Gasteiger charge is 2.16. The summed E-state index contributed by atoms with van der Waals surface area (Å²) in [5.41, 5.74) is 0. The Morgan fingerprint density at radius 1 is 1.55 bits per heavy atom. The highest BCUT2D eigenvalue weighted by atomic mass is 35.7. The van der Waals surface area contributed by atoms with Gasteiger partial charge in [0, 0.05) is 6.54 Å². The van der Waals surface area contributed by atoms with Gasteiger partial charge in [0.15, 0.2) is 0 Å². The van der Waals surface area contributed by atoms with E-state index in [0.717, 1.165) is 12.8 Å². The Hall–Kier alpha value is 0.440. The van der Waals surface area contributed by atoms with Crippen molar-refractivity contribution in [2.45, 2.75) is 26.7 Å². The summed E-state index contributed by atoms with van der Waals surface area (Å²) in [4.78, 5) is 0. The average molecular weight is 200 g/mol. The molecular weight excluding hydrogens is 184 g/mol. The zero-order valence-corrected chi connectivity index (χ0v) is 8.62. The second-order valence-electron chi connectivity index (χ2n) is 2.18. The normalized spacial score (nSPS) is 16.3. The molecule has 0 fully saturated rings. The fourth-order valence-electron chi connectivity index (χ4n) is 0.561. The standard InChI is InChI=1S/C6H15ClNO2P/c1-3-5-6-10-11(7,9)8-4-2/h3-6H2,1-2H3,(H,8,9). The van der Waals surface area contributed by atoms with Gasteiger partial charge in [-0.1, -0.05) is 20.3 Å². The van der Waals surface area contributed by atoms with Gasteiger partial charge in [0.1, 0.15) is 0 Å². The molecule has 0 spiro atoms. The minimum absolute atomic E-state index is 0.463. The van der Waals surface area contributed by atoms with E-state index in [1.165, 1.54) is 0 Å². The van der Waals surface area contributed by atoms with Crippen LogP contribution in [0.3, 0.4) is 0 Å². The van der Waals surface area contributed by atoms with Crippen LogP contribution in [0, 0.1) is 0 Å². The Kier molecular flexibility index (Phi) is 6.25. The molecule has 3 nitrogen and oxygen atoms in total. The van der Waals surface area contributed by atoms with Crippen molar-refractivity contribution < 1.29 is 9.09 Å². The number of nitrogens with one attached hydrogen (secondary N) is 1. The highest BCUT2D eigenvalue weighted by molar-refractivity contribution is 7.83. The maximum absolute atomic E-state index is 11.1. The van der Waals surface area contributed by atoms with Gasteiger partial charge < -0.3 is 4.52 Å². The number of hydrogen-bond donors (Lipinski definition) is 1. The van der Waals surface area contributed by atoms with Crippen LogP contribution in [0.2, 0.25) is 0 Å². The van der Waals surface area contributed by atoms with Gasteiger partial charge in [-0.05, 0) is 17.7 Å². The molecule has 0 radical (unpaired) electrons. The van der Waals surface area contributed by atoms with E-state index >= 15 is 0 Å². The molecule has 0 aliphatic carbocycles. The summed E-state index contributed by atoms with van der Waals surface area (Å²) < 4.78 is 16.0. The zero-order chi connectivity index (χ0) is 8.74. The van der Waals surface area contributed by atoms with Crippen molar-refractivity contribution in [2.24, 2.45) is 0 Å². The van der Waals surface area contributed by atoms with Crippen molar-refractivity contribution in [2.75, 3.05) is 13.2 Å². The lowest BCUT2D eigenvalue weighted by Gasteiger charge is -2.10. The molecule has 5 heteroatoms. The van der Waals surface area contributed by atoms with Crippen LogP contribution < -0.4 is 5.09 Å². The van der Waals surface area contributed by atoms with Crippen molar-refractivity contribution in [3.63, 3.8) is 0 Å². The van der Waals surface area contributed by atoms with Gasteiger partial charge in [-0.3, -0.25) is 4.57 Å². The molecule has 11 heavy (non-hydrogen) atoms. The van der Waals surface area contributed by atoms with E-state index in [-0.39, 0.29) is 0 Å². The Morgan fingerprint density at radius 3 is 2.64 bits per heavy atom.